The molecule has 0 spiro atoms. The highest BCUT2D eigenvalue weighted by Crippen LogP contribution is 2.17. The monoisotopic (exact) mass is 201 g/mol. The lowest BCUT2D eigenvalue weighted by Crippen LogP contribution is -2.37. The minimum atomic E-state index is 0.0213. The van der Waals surface area contributed by atoms with Crippen LogP contribution in [-0.2, 0) is 9.47 Å². The molecular weight excluding hydrogens is 178 g/mol. The van der Waals surface area contributed by atoms with Crippen LogP contribution in [0.2, 0.25) is 0 Å². The highest BCUT2D eigenvalue weighted by molar-refractivity contribution is 4.74. The minimum Gasteiger partial charge on any atom is -0.350 e. The van der Waals surface area contributed by atoms with Gasteiger partial charge in [-0.25, -0.2) is 0 Å². The summed E-state index contributed by atoms with van der Waals surface area (Å²) in [7, 11) is 0. The van der Waals surface area contributed by atoms with Crippen molar-refractivity contribution in [3.05, 3.63) is 0 Å². The van der Waals surface area contributed by atoms with Gasteiger partial charge in [-0.15, -0.1) is 0 Å². The van der Waals surface area contributed by atoms with Crippen LogP contribution in [0.4, 0.5) is 0 Å². The summed E-state index contributed by atoms with van der Waals surface area (Å²) in [6.07, 6.45) is 2.20. The second-order valence-corrected chi connectivity index (χ2v) is 3.96. The molecule has 2 unspecified atom stereocenters. The molecule has 1 fully saturated rings. The summed E-state index contributed by atoms with van der Waals surface area (Å²) in [5.41, 5.74) is 0. The lowest BCUT2D eigenvalue weighted by molar-refractivity contribution is -0.0560. The predicted octanol–water partition coefficient (Wildman–Crippen LogP) is 1.77. The molecule has 2 atom stereocenters. The Hall–Kier alpha value is -0.120. The topological polar surface area (TPSA) is 30.5 Å². The molecule has 0 aromatic rings. The van der Waals surface area contributed by atoms with Crippen molar-refractivity contribution in [2.45, 2.75) is 45.9 Å². The summed E-state index contributed by atoms with van der Waals surface area (Å²) in [6, 6.07) is 0.521. The quantitative estimate of drug-likeness (QED) is 0.710. The van der Waals surface area contributed by atoms with Gasteiger partial charge in [0, 0.05) is 12.5 Å². The Balaban J connectivity index is 2.33. The molecule has 3 heteroatoms. The fourth-order valence-electron chi connectivity index (χ4n) is 1.81. The second kappa shape index (κ2) is 6.38. The third-order valence-electron chi connectivity index (χ3n) is 2.93. The van der Waals surface area contributed by atoms with Crippen LogP contribution in [0, 0.1) is 5.92 Å². The molecule has 0 aliphatic carbocycles. The van der Waals surface area contributed by atoms with E-state index < -0.39 is 0 Å². The lowest BCUT2D eigenvalue weighted by atomic mass is 9.96. The summed E-state index contributed by atoms with van der Waals surface area (Å²) >= 11 is 0. The third-order valence-corrected chi connectivity index (χ3v) is 2.93. The molecular formula is C11H23NO2. The molecule has 1 saturated heterocycles. The van der Waals surface area contributed by atoms with Crippen molar-refractivity contribution in [3.8, 4) is 0 Å². The highest BCUT2D eigenvalue weighted by Gasteiger charge is 2.23. The van der Waals surface area contributed by atoms with E-state index in [1.54, 1.807) is 0 Å². The first-order valence-electron chi connectivity index (χ1n) is 5.74. The Morgan fingerprint density at radius 1 is 1.29 bits per heavy atom. The smallest absolute Gasteiger partial charge is 0.159 e. The Labute approximate surface area is 87.2 Å². The number of ether oxygens (including phenoxy) is 2. The summed E-state index contributed by atoms with van der Waals surface area (Å²) in [5, 5.41) is 3.50. The van der Waals surface area contributed by atoms with Crippen molar-refractivity contribution >= 4 is 0 Å². The molecule has 0 aromatic heterocycles. The van der Waals surface area contributed by atoms with Crippen molar-refractivity contribution in [2.75, 3.05) is 19.8 Å². The maximum atomic E-state index is 5.46. The van der Waals surface area contributed by atoms with Gasteiger partial charge in [0.05, 0.1) is 13.2 Å². The Morgan fingerprint density at radius 3 is 2.43 bits per heavy atom. The van der Waals surface area contributed by atoms with E-state index in [2.05, 4.69) is 26.1 Å². The normalized spacial score (nSPS) is 22.5. The zero-order valence-electron chi connectivity index (χ0n) is 9.58. The van der Waals surface area contributed by atoms with Gasteiger partial charge in [0.1, 0.15) is 0 Å². The molecule has 0 radical (unpaired) electrons. The van der Waals surface area contributed by atoms with Gasteiger partial charge in [0.2, 0.25) is 0 Å². The van der Waals surface area contributed by atoms with E-state index in [0.717, 1.165) is 26.2 Å². The van der Waals surface area contributed by atoms with Gasteiger partial charge in [-0.1, -0.05) is 27.2 Å². The third kappa shape index (κ3) is 3.56. The van der Waals surface area contributed by atoms with Crippen molar-refractivity contribution in [1.82, 2.24) is 5.32 Å². The lowest BCUT2D eigenvalue weighted by Gasteiger charge is -2.25. The second-order valence-electron chi connectivity index (χ2n) is 3.96. The van der Waals surface area contributed by atoms with E-state index in [4.69, 9.17) is 9.47 Å². The number of hydrogen-bond acceptors (Lipinski definition) is 3. The van der Waals surface area contributed by atoms with E-state index in [-0.39, 0.29) is 6.29 Å². The first-order chi connectivity index (χ1) is 6.77. The van der Waals surface area contributed by atoms with Crippen LogP contribution in [-0.4, -0.2) is 32.1 Å². The van der Waals surface area contributed by atoms with E-state index in [0.29, 0.717) is 12.0 Å². The molecule has 1 heterocycles. The molecule has 3 nitrogen and oxygen atoms in total. The molecule has 1 rings (SSSR count). The standard InChI is InChI=1S/C11H23NO2/c1-4-9(3)10(12-5-2)8-11-13-6-7-14-11/h9-12H,4-8H2,1-3H3. The Bertz CT molecular complexity index is 146. The van der Waals surface area contributed by atoms with Crippen molar-refractivity contribution < 1.29 is 9.47 Å². The minimum absolute atomic E-state index is 0.0213. The SMILES string of the molecule is CCNC(CC1OCCO1)C(C)CC. The summed E-state index contributed by atoms with van der Waals surface area (Å²) in [4.78, 5) is 0. The van der Waals surface area contributed by atoms with Gasteiger partial charge in [-0.3, -0.25) is 0 Å². The average Bonchev–Trinajstić information content (AvgIpc) is 2.68. The van der Waals surface area contributed by atoms with Gasteiger partial charge in [-0.05, 0) is 12.5 Å². The summed E-state index contributed by atoms with van der Waals surface area (Å²) in [5.74, 6) is 0.683. The maximum Gasteiger partial charge on any atom is 0.159 e. The van der Waals surface area contributed by atoms with Gasteiger partial charge in [0.15, 0.2) is 6.29 Å². The van der Waals surface area contributed by atoms with Crippen LogP contribution >= 0.6 is 0 Å². The van der Waals surface area contributed by atoms with E-state index in [1.807, 2.05) is 0 Å². The van der Waals surface area contributed by atoms with Crippen molar-refractivity contribution in [2.24, 2.45) is 5.92 Å². The first kappa shape index (κ1) is 12.0. The largest absolute Gasteiger partial charge is 0.350 e. The number of nitrogens with one attached hydrogen (secondary N) is 1. The molecule has 0 bridgehead atoms. The fraction of sp³-hybridized carbons (Fsp3) is 1.00. The summed E-state index contributed by atoms with van der Waals surface area (Å²) < 4.78 is 10.9. The fourth-order valence-corrected chi connectivity index (χ4v) is 1.81. The van der Waals surface area contributed by atoms with Gasteiger partial charge in [0.25, 0.3) is 0 Å². The van der Waals surface area contributed by atoms with E-state index in [9.17, 15) is 0 Å². The van der Waals surface area contributed by atoms with Crippen LogP contribution in [0.5, 0.6) is 0 Å². The zero-order valence-corrected chi connectivity index (χ0v) is 9.58. The van der Waals surface area contributed by atoms with Crippen LogP contribution in [0.25, 0.3) is 0 Å². The Kier molecular flexibility index (Phi) is 5.45. The van der Waals surface area contributed by atoms with E-state index in [1.165, 1.54) is 6.42 Å². The van der Waals surface area contributed by atoms with Crippen LogP contribution in [0.3, 0.4) is 0 Å². The van der Waals surface area contributed by atoms with Crippen LogP contribution in [0.15, 0.2) is 0 Å². The average molecular weight is 201 g/mol. The molecule has 0 aromatic carbocycles. The van der Waals surface area contributed by atoms with Gasteiger partial charge in [-0.2, -0.15) is 0 Å². The number of rotatable bonds is 6. The predicted molar refractivity (Wildman–Crippen MR) is 57.2 cm³/mol. The van der Waals surface area contributed by atoms with E-state index >= 15 is 0 Å². The molecule has 14 heavy (non-hydrogen) atoms. The zero-order chi connectivity index (χ0) is 10.4. The molecule has 0 saturated carbocycles. The Morgan fingerprint density at radius 2 is 1.93 bits per heavy atom. The van der Waals surface area contributed by atoms with Crippen LogP contribution in [0.1, 0.15) is 33.6 Å². The molecule has 1 aliphatic rings. The van der Waals surface area contributed by atoms with Crippen LogP contribution < -0.4 is 5.32 Å². The van der Waals surface area contributed by atoms with Gasteiger partial charge >= 0.3 is 0 Å². The molecule has 1 aliphatic heterocycles. The maximum absolute atomic E-state index is 5.46. The van der Waals surface area contributed by atoms with Gasteiger partial charge < -0.3 is 14.8 Å². The first-order valence-corrected chi connectivity index (χ1v) is 5.74. The summed E-state index contributed by atoms with van der Waals surface area (Å²) in [6.45, 7) is 9.18. The highest BCUT2D eigenvalue weighted by atomic mass is 16.7. The molecule has 84 valence electrons. The van der Waals surface area contributed by atoms with Crippen molar-refractivity contribution in [3.63, 3.8) is 0 Å². The van der Waals surface area contributed by atoms with Crippen molar-refractivity contribution in [1.29, 1.82) is 0 Å². The molecule has 0 amide bonds. The number of hydrogen-bond donors (Lipinski definition) is 1. The molecule has 1 N–H and O–H groups in total.